The molecule has 3 amide bonds. The van der Waals surface area contributed by atoms with Crippen molar-refractivity contribution >= 4 is 23.7 Å². The maximum Gasteiger partial charge on any atom is 0.411 e. The monoisotopic (exact) mass is 486 g/mol. The van der Waals surface area contributed by atoms with Crippen LogP contribution in [0.1, 0.15) is 85.0 Å². The third-order valence-corrected chi connectivity index (χ3v) is 7.88. The average molecular weight is 487 g/mol. The molecule has 2 saturated heterocycles. The molecule has 4 rings (SSSR count). The molecule has 4 atom stereocenters. The summed E-state index contributed by atoms with van der Waals surface area (Å²) in [4.78, 5) is 55.4. The Hall–Kier alpha value is -2.63. The van der Waals surface area contributed by atoms with E-state index in [1.165, 1.54) is 0 Å². The zero-order valence-corrected chi connectivity index (χ0v) is 21.2. The molecule has 0 aromatic heterocycles. The lowest BCUT2D eigenvalue weighted by Gasteiger charge is -2.36. The van der Waals surface area contributed by atoms with E-state index in [0.717, 1.165) is 25.7 Å². The summed E-state index contributed by atoms with van der Waals surface area (Å²) in [5, 5.41) is 12.5. The Balaban J connectivity index is 1.48. The summed E-state index contributed by atoms with van der Waals surface area (Å²) >= 11 is 0. The molecule has 1 spiro atoms. The first-order valence-corrected chi connectivity index (χ1v) is 13.1. The van der Waals surface area contributed by atoms with E-state index in [1.54, 1.807) is 30.6 Å². The van der Waals surface area contributed by atoms with Crippen LogP contribution in [-0.2, 0) is 19.1 Å². The van der Waals surface area contributed by atoms with Crippen LogP contribution in [-0.4, -0.2) is 69.8 Å². The van der Waals surface area contributed by atoms with Crippen LogP contribution >= 0.6 is 0 Å². The van der Waals surface area contributed by atoms with Gasteiger partial charge in [-0.25, -0.2) is 4.79 Å². The van der Waals surface area contributed by atoms with Gasteiger partial charge in [-0.2, -0.15) is 5.26 Å². The molecule has 2 saturated carbocycles. The van der Waals surface area contributed by atoms with Gasteiger partial charge in [-0.15, -0.1) is 0 Å². The molecular formula is C26H38N4O5. The molecular weight excluding hydrogens is 448 g/mol. The van der Waals surface area contributed by atoms with Crippen molar-refractivity contribution in [2.75, 3.05) is 13.1 Å². The number of ether oxygens (including phenoxy) is 1. The van der Waals surface area contributed by atoms with Crippen molar-refractivity contribution in [3.63, 3.8) is 0 Å². The third kappa shape index (κ3) is 5.46. The molecule has 9 nitrogen and oxygen atoms in total. The highest BCUT2D eigenvalue weighted by Gasteiger charge is 2.58. The van der Waals surface area contributed by atoms with Gasteiger partial charge in [0.25, 0.3) is 0 Å². The van der Waals surface area contributed by atoms with Gasteiger partial charge in [0, 0.05) is 25.4 Å². The molecule has 2 heterocycles. The normalized spacial score (nSPS) is 28.3. The van der Waals surface area contributed by atoms with Crippen LogP contribution in [0.15, 0.2) is 0 Å². The van der Waals surface area contributed by atoms with Gasteiger partial charge in [0.15, 0.2) is 0 Å². The minimum Gasteiger partial charge on any atom is -0.444 e. The molecule has 9 heteroatoms. The first-order chi connectivity index (χ1) is 16.5. The fourth-order valence-corrected chi connectivity index (χ4v) is 5.90. The number of nitrogens with one attached hydrogen (secondary N) is 1. The van der Waals surface area contributed by atoms with Crippen LogP contribution < -0.4 is 5.32 Å². The van der Waals surface area contributed by atoms with Crippen LogP contribution in [0.4, 0.5) is 4.79 Å². The summed E-state index contributed by atoms with van der Waals surface area (Å²) in [6, 6.07) is 0.709. The topological polar surface area (TPSA) is 120 Å². The minimum atomic E-state index is -0.963. The van der Waals surface area contributed by atoms with E-state index < -0.39 is 29.3 Å². The van der Waals surface area contributed by atoms with E-state index in [-0.39, 0.29) is 23.5 Å². The number of likely N-dealkylation sites (tertiary alicyclic amines) is 2. The van der Waals surface area contributed by atoms with Crippen molar-refractivity contribution in [3.8, 4) is 6.07 Å². The lowest BCUT2D eigenvalue weighted by Crippen LogP contribution is -2.57. The van der Waals surface area contributed by atoms with Gasteiger partial charge in [-0.3, -0.25) is 19.3 Å². The number of nitriles is 1. The van der Waals surface area contributed by atoms with Crippen molar-refractivity contribution < 1.29 is 23.9 Å². The van der Waals surface area contributed by atoms with E-state index in [2.05, 4.69) is 11.4 Å². The fourth-order valence-electron chi connectivity index (χ4n) is 5.90. The summed E-state index contributed by atoms with van der Waals surface area (Å²) in [6.07, 6.45) is 6.32. The Labute approximate surface area is 207 Å². The highest BCUT2D eigenvalue weighted by Crippen LogP contribution is 2.42. The van der Waals surface area contributed by atoms with Crippen LogP contribution in [0, 0.1) is 23.2 Å². The zero-order chi connectivity index (χ0) is 25.4. The number of ketones is 1. The van der Waals surface area contributed by atoms with Gasteiger partial charge in [-0.05, 0) is 71.6 Å². The first kappa shape index (κ1) is 25.5. The SMILES string of the molecule is CC(C)(C)OC(=O)N1CCCC12CCN([C@H](CC1CC1)C(=O)N[C@H](C#N)C[C@@H]1CCCC1=O)C2=O. The molecule has 35 heavy (non-hydrogen) atoms. The largest absolute Gasteiger partial charge is 0.444 e. The second-order valence-corrected chi connectivity index (χ2v) is 11.7. The Kier molecular flexibility index (Phi) is 7.12. The third-order valence-electron chi connectivity index (χ3n) is 7.88. The maximum absolute atomic E-state index is 13.8. The highest BCUT2D eigenvalue weighted by atomic mass is 16.6. The van der Waals surface area contributed by atoms with Crippen LogP contribution in [0.3, 0.4) is 0 Å². The number of carbonyl (C=O) groups is 4. The van der Waals surface area contributed by atoms with Crippen molar-refractivity contribution in [1.82, 2.24) is 15.1 Å². The number of carbonyl (C=O) groups excluding carboxylic acids is 4. The molecule has 0 radical (unpaired) electrons. The molecule has 4 aliphatic rings. The first-order valence-electron chi connectivity index (χ1n) is 13.1. The van der Waals surface area contributed by atoms with Gasteiger partial charge in [0.2, 0.25) is 11.8 Å². The van der Waals surface area contributed by atoms with Crippen molar-refractivity contribution in [2.24, 2.45) is 11.8 Å². The molecule has 0 bridgehead atoms. The van der Waals surface area contributed by atoms with Crippen molar-refractivity contribution in [1.29, 1.82) is 5.26 Å². The number of hydrogen-bond donors (Lipinski definition) is 1. The van der Waals surface area contributed by atoms with Gasteiger partial charge >= 0.3 is 6.09 Å². The molecule has 0 aromatic rings. The number of hydrogen-bond acceptors (Lipinski definition) is 6. The quantitative estimate of drug-likeness (QED) is 0.591. The van der Waals surface area contributed by atoms with E-state index in [1.807, 2.05) is 0 Å². The summed E-state index contributed by atoms with van der Waals surface area (Å²) in [6.45, 7) is 6.26. The molecule has 4 fully saturated rings. The summed E-state index contributed by atoms with van der Waals surface area (Å²) in [5.74, 6) is -0.159. The summed E-state index contributed by atoms with van der Waals surface area (Å²) in [5.41, 5.74) is -1.63. The molecule has 2 aliphatic heterocycles. The van der Waals surface area contributed by atoms with Crippen molar-refractivity contribution in [2.45, 2.75) is 108 Å². The van der Waals surface area contributed by atoms with Gasteiger partial charge in [-0.1, -0.05) is 12.8 Å². The fraction of sp³-hybridized carbons (Fsp3) is 0.808. The van der Waals surface area contributed by atoms with E-state index in [9.17, 15) is 24.4 Å². The lowest BCUT2D eigenvalue weighted by molar-refractivity contribution is -0.143. The molecule has 0 aromatic carbocycles. The van der Waals surface area contributed by atoms with Crippen LogP contribution in [0.2, 0.25) is 0 Å². The van der Waals surface area contributed by atoms with Gasteiger partial charge in [0.1, 0.15) is 29.0 Å². The van der Waals surface area contributed by atoms with Crippen molar-refractivity contribution in [3.05, 3.63) is 0 Å². The predicted octanol–water partition coefficient (Wildman–Crippen LogP) is 2.92. The predicted molar refractivity (Wildman–Crippen MR) is 127 cm³/mol. The second kappa shape index (κ2) is 9.79. The number of amides is 3. The standard InChI is InChI=1S/C26H38N4O5/c1-25(2,3)35-24(34)30-12-5-10-26(30)11-13-29(23(26)33)20(14-17-8-9-17)22(32)28-19(16-27)15-18-6-4-7-21(18)31/h17-20H,4-15H2,1-3H3,(H,28,32)/t18-,19-,20+,26?/m0/s1. The zero-order valence-electron chi connectivity index (χ0n) is 21.2. The number of Topliss-reactive ketones (excluding diaryl/α,β-unsaturated/α-hetero) is 1. The lowest BCUT2D eigenvalue weighted by atomic mass is 9.94. The Morgan fingerprint density at radius 2 is 1.89 bits per heavy atom. The number of nitrogens with zero attached hydrogens (tertiary/aromatic N) is 3. The summed E-state index contributed by atoms with van der Waals surface area (Å²) in [7, 11) is 0. The second-order valence-electron chi connectivity index (χ2n) is 11.7. The average Bonchev–Trinajstić information content (AvgIpc) is 3.21. The molecule has 1 N–H and O–H groups in total. The Bertz CT molecular complexity index is 918. The number of rotatable bonds is 7. The summed E-state index contributed by atoms with van der Waals surface area (Å²) < 4.78 is 5.59. The van der Waals surface area contributed by atoms with E-state index in [0.29, 0.717) is 57.5 Å². The molecule has 2 aliphatic carbocycles. The smallest absolute Gasteiger partial charge is 0.411 e. The molecule has 1 unspecified atom stereocenters. The minimum absolute atomic E-state index is 0.161. The van der Waals surface area contributed by atoms with Crippen LogP contribution in [0.5, 0.6) is 0 Å². The Morgan fingerprint density at radius 3 is 2.49 bits per heavy atom. The highest BCUT2D eigenvalue weighted by molar-refractivity contribution is 5.96. The molecule has 192 valence electrons. The maximum atomic E-state index is 13.8. The van der Waals surface area contributed by atoms with Crippen LogP contribution in [0.25, 0.3) is 0 Å². The van der Waals surface area contributed by atoms with E-state index in [4.69, 9.17) is 4.74 Å². The van der Waals surface area contributed by atoms with Gasteiger partial charge < -0.3 is 15.0 Å². The Morgan fingerprint density at radius 1 is 1.14 bits per heavy atom. The van der Waals surface area contributed by atoms with E-state index >= 15 is 0 Å². The van der Waals surface area contributed by atoms with Gasteiger partial charge in [0.05, 0.1) is 6.07 Å².